The molecule has 8 amide bonds. The quantitative estimate of drug-likeness (QED) is 0.0325. The number of rotatable bonds is 30. The van der Waals surface area contributed by atoms with E-state index < -0.39 is 118 Å². The number of primary amides is 1. The van der Waals surface area contributed by atoms with Crippen LogP contribution in [0.5, 0.6) is 0 Å². The van der Waals surface area contributed by atoms with Gasteiger partial charge in [-0.05, 0) is 41.2 Å². The maximum absolute atomic E-state index is 14.3. The molecule has 0 aliphatic carbocycles. The monoisotopic (exact) mass is 1030 g/mol. The third-order valence-corrected chi connectivity index (χ3v) is 12.3. The molecule has 0 saturated heterocycles. The predicted molar refractivity (Wildman–Crippen MR) is 268 cm³/mol. The molecule has 1 aromatic heterocycles. The maximum atomic E-state index is 14.3. The predicted octanol–water partition coefficient (Wildman–Crippen LogP) is 0.969. The van der Waals surface area contributed by atoms with Crippen LogP contribution in [0.3, 0.4) is 0 Å². The second-order valence-electron chi connectivity index (χ2n) is 17.6. The van der Waals surface area contributed by atoms with Crippen molar-refractivity contribution in [3.63, 3.8) is 0 Å². The minimum absolute atomic E-state index is 0.0149. The van der Waals surface area contributed by atoms with Crippen LogP contribution in [0, 0.1) is 0 Å². The molecule has 6 atom stereocenters. The molecular formula is C50H65N9O13S. The first-order valence-electron chi connectivity index (χ1n) is 23.8. The number of benzene rings is 3. The van der Waals surface area contributed by atoms with Crippen LogP contribution in [0.1, 0.15) is 88.0 Å². The van der Waals surface area contributed by atoms with Crippen LogP contribution in [-0.2, 0) is 78.3 Å². The second-order valence-corrected chi connectivity index (χ2v) is 19.1. The van der Waals surface area contributed by atoms with Crippen LogP contribution in [0.2, 0.25) is 0 Å². The number of nitrogens with two attached hydrogens (primary N) is 1. The number of carbonyl (C=O) groups excluding carboxylic acids is 8. The maximum Gasteiger partial charge on any atom is 0.305 e. The Bertz CT molecular complexity index is 2680. The summed E-state index contributed by atoms with van der Waals surface area (Å²) in [7, 11) is -4.29. The van der Waals surface area contributed by atoms with Crippen molar-refractivity contribution < 1.29 is 61.2 Å². The van der Waals surface area contributed by atoms with E-state index in [1.165, 1.54) is 31.2 Å². The number of aromatic amines is 1. The Kier molecular flexibility index (Phi) is 22.5. The fraction of sp³-hybridized carbons (Fsp3) is 0.420. The highest BCUT2D eigenvalue weighted by Gasteiger charge is 2.33. The summed E-state index contributed by atoms with van der Waals surface area (Å²) in [6.07, 6.45) is 2.85. The zero-order valence-electron chi connectivity index (χ0n) is 40.9. The van der Waals surface area contributed by atoms with Crippen LogP contribution in [0.15, 0.2) is 85.1 Å². The number of carboxylic acid groups (broad SMARTS) is 1. The van der Waals surface area contributed by atoms with Crippen molar-refractivity contribution in [1.82, 2.24) is 42.2 Å². The van der Waals surface area contributed by atoms with Crippen LogP contribution >= 0.6 is 0 Å². The number of hydrogen-bond donors (Lipinski definition) is 11. The molecule has 0 radical (unpaired) electrons. The molecule has 0 bridgehead atoms. The molecule has 22 nitrogen and oxygen atoms in total. The number of aliphatic carboxylic acids is 1. The lowest BCUT2D eigenvalue weighted by molar-refractivity contribution is -0.141. The molecule has 12 N–H and O–H groups in total. The number of unbranched alkanes of at least 4 members (excludes halogenated alkanes) is 2. The van der Waals surface area contributed by atoms with Crippen molar-refractivity contribution in [3.8, 4) is 0 Å². The van der Waals surface area contributed by atoms with E-state index in [0.29, 0.717) is 47.9 Å². The summed E-state index contributed by atoms with van der Waals surface area (Å²) in [5.74, 6) is -8.55. The Morgan fingerprint density at radius 3 is 1.66 bits per heavy atom. The summed E-state index contributed by atoms with van der Waals surface area (Å²) >= 11 is 0. The van der Waals surface area contributed by atoms with Crippen molar-refractivity contribution in [3.05, 3.63) is 107 Å². The molecule has 0 spiro atoms. The number of carboxylic acids is 1. The molecule has 73 heavy (non-hydrogen) atoms. The first kappa shape index (κ1) is 57.9. The van der Waals surface area contributed by atoms with Gasteiger partial charge in [-0.25, -0.2) is 0 Å². The Labute approximate surface area is 422 Å². The third kappa shape index (κ3) is 19.8. The topological polar surface area (TPSA) is 354 Å². The van der Waals surface area contributed by atoms with Crippen molar-refractivity contribution in [2.45, 2.75) is 127 Å². The molecule has 0 aliphatic rings. The van der Waals surface area contributed by atoms with E-state index in [-0.39, 0.29) is 32.1 Å². The number of nitrogens with one attached hydrogen (secondary N) is 8. The van der Waals surface area contributed by atoms with Gasteiger partial charge in [0.15, 0.2) is 0 Å². The first-order chi connectivity index (χ1) is 34.7. The molecule has 0 saturated carbocycles. The largest absolute Gasteiger partial charge is 0.481 e. The summed E-state index contributed by atoms with van der Waals surface area (Å²) in [5.41, 5.74) is 8.39. The normalized spacial score (nSPS) is 13.7. The van der Waals surface area contributed by atoms with Gasteiger partial charge in [0.05, 0.1) is 13.0 Å². The van der Waals surface area contributed by atoms with Crippen LogP contribution in [0.4, 0.5) is 0 Å². The summed E-state index contributed by atoms with van der Waals surface area (Å²) in [6.45, 7) is 4.24. The highest BCUT2D eigenvalue weighted by atomic mass is 32.2. The minimum Gasteiger partial charge on any atom is -0.481 e. The number of aromatic nitrogens is 1. The molecule has 0 unspecified atom stereocenters. The van der Waals surface area contributed by atoms with E-state index >= 15 is 0 Å². The van der Waals surface area contributed by atoms with Crippen LogP contribution < -0.4 is 43.0 Å². The number of amides is 8. The summed E-state index contributed by atoms with van der Waals surface area (Å²) in [4.78, 5) is 122. The fourth-order valence-electron chi connectivity index (χ4n) is 7.84. The number of carbonyl (C=O) groups is 9. The Morgan fingerprint density at radius 2 is 1.08 bits per heavy atom. The van der Waals surface area contributed by atoms with Gasteiger partial charge in [-0.1, -0.05) is 112 Å². The number of para-hydroxylation sites is 1. The second kappa shape index (κ2) is 28.4. The highest BCUT2D eigenvalue weighted by molar-refractivity contribution is 7.85. The van der Waals surface area contributed by atoms with Gasteiger partial charge in [-0.3, -0.25) is 47.7 Å². The highest BCUT2D eigenvalue weighted by Crippen LogP contribution is 2.20. The molecule has 4 rings (SSSR count). The lowest BCUT2D eigenvalue weighted by Gasteiger charge is -2.26. The minimum atomic E-state index is -4.29. The van der Waals surface area contributed by atoms with E-state index in [9.17, 15) is 61.2 Å². The average Bonchev–Trinajstić information content (AvgIpc) is 3.74. The SMILES string of the molecule is CCCC[C@H](NC(=O)[C@H](Cc1ccc(CS(=O)(=O)O)cc1)NC(C)=O)C(=O)NCC(=O)N[C@@H](Cc1c[nH]c2ccccc12)C(=O)N[C@@H](CCCC)C(=O)N[C@@H](CC(=O)O)C(=O)N[C@@H](Cc1ccccc1)C(N)=O. The van der Waals surface area contributed by atoms with E-state index in [1.54, 1.807) is 54.7 Å². The van der Waals surface area contributed by atoms with E-state index in [4.69, 9.17) is 5.73 Å². The molecule has 1 heterocycles. The van der Waals surface area contributed by atoms with Gasteiger partial charge in [-0.15, -0.1) is 0 Å². The van der Waals surface area contributed by atoms with Crippen molar-refractivity contribution in [1.29, 1.82) is 0 Å². The Hall–Kier alpha value is -7.66. The number of fused-ring (bicyclic) bond motifs is 1. The zero-order chi connectivity index (χ0) is 53.7. The van der Waals surface area contributed by atoms with E-state index in [2.05, 4.69) is 42.2 Å². The molecule has 0 aliphatic heterocycles. The summed E-state index contributed by atoms with van der Waals surface area (Å²) < 4.78 is 31.8. The third-order valence-electron chi connectivity index (χ3n) is 11.6. The molecular weight excluding hydrogens is 967 g/mol. The average molecular weight is 1030 g/mol. The standard InChI is InChI=1S/C50H65N9O13S/c1-4-6-16-37(56-48(67)40(54-30(3)60)24-32-19-21-33(22-20-32)29-73(70,71)72)46(65)53-28-43(61)55-41(25-34-27-52-36-18-12-11-15-35(34)36)49(68)57-38(17-7-5-2)47(66)59-42(26-44(62)63)50(69)58-39(45(51)64)23-31-13-9-8-10-14-31/h8-15,18-22,27,37-42,52H,4-7,16-17,23-26,28-29H2,1-3H3,(H2,51,64)(H,53,65)(H,54,60)(H,55,61)(H,56,67)(H,57,68)(H,58,69)(H,59,66)(H,62,63)(H,70,71,72)/t37-,38-,39-,40-,41-,42-/m0/s1. The van der Waals surface area contributed by atoms with Gasteiger partial charge in [0.2, 0.25) is 47.3 Å². The fourth-order valence-corrected chi connectivity index (χ4v) is 8.45. The molecule has 23 heteroatoms. The van der Waals surface area contributed by atoms with Crippen molar-refractivity contribution in [2.75, 3.05) is 6.54 Å². The Balaban J connectivity index is 1.51. The summed E-state index contributed by atoms with van der Waals surface area (Å²) in [6, 6.07) is 13.8. The van der Waals surface area contributed by atoms with Crippen molar-refractivity contribution in [2.24, 2.45) is 5.73 Å². The van der Waals surface area contributed by atoms with Gasteiger partial charge in [0.25, 0.3) is 10.1 Å². The lowest BCUT2D eigenvalue weighted by Crippen LogP contribution is -2.59. The van der Waals surface area contributed by atoms with Crippen LogP contribution in [-0.4, -0.2) is 119 Å². The van der Waals surface area contributed by atoms with Crippen molar-refractivity contribution >= 4 is 74.2 Å². The van der Waals surface area contributed by atoms with Gasteiger partial charge in [0, 0.05) is 43.3 Å². The number of H-pyrrole nitrogens is 1. The number of hydrogen-bond acceptors (Lipinski definition) is 11. The van der Waals surface area contributed by atoms with Gasteiger partial charge >= 0.3 is 5.97 Å². The first-order valence-corrected chi connectivity index (χ1v) is 25.5. The summed E-state index contributed by atoms with van der Waals surface area (Å²) in [5, 5.41) is 28.3. The molecule has 4 aromatic rings. The van der Waals surface area contributed by atoms with Gasteiger partial charge < -0.3 is 53.0 Å². The van der Waals surface area contributed by atoms with E-state index in [0.717, 1.165) is 10.9 Å². The molecule has 0 fully saturated rings. The molecule has 394 valence electrons. The van der Waals surface area contributed by atoms with Crippen LogP contribution in [0.25, 0.3) is 10.9 Å². The Morgan fingerprint density at radius 1 is 0.589 bits per heavy atom. The van der Waals surface area contributed by atoms with E-state index in [1.807, 2.05) is 19.9 Å². The van der Waals surface area contributed by atoms with Gasteiger partial charge in [-0.2, -0.15) is 8.42 Å². The zero-order valence-corrected chi connectivity index (χ0v) is 41.7. The lowest BCUT2D eigenvalue weighted by atomic mass is 10.0. The smallest absolute Gasteiger partial charge is 0.305 e. The van der Waals surface area contributed by atoms with Gasteiger partial charge in [0.1, 0.15) is 42.0 Å². The molecule has 3 aromatic carbocycles.